The van der Waals surface area contributed by atoms with Crippen LogP contribution < -0.4 is 4.90 Å². The Balaban J connectivity index is 2.61. The van der Waals surface area contributed by atoms with Crippen molar-refractivity contribution in [3.05, 3.63) is 11.3 Å². The molecule has 2 rings (SSSR count). The van der Waals surface area contributed by atoms with Crippen molar-refractivity contribution >= 4 is 27.5 Å². The summed E-state index contributed by atoms with van der Waals surface area (Å²) < 4.78 is 0. The lowest BCUT2D eigenvalue weighted by Gasteiger charge is -2.19. The van der Waals surface area contributed by atoms with Gasteiger partial charge in [-0.05, 0) is 20.8 Å². The maximum absolute atomic E-state index is 4.47. The summed E-state index contributed by atoms with van der Waals surface area (Å²) in [6, 6.07) is 0. The van der Waals surface area contributed by atoms with Gasteiger partial charge in [-0.1, -0.05) is 0 Å². The number of thiazole rings is 1. The van der Waals surface area contributed by atoms with Crippen molar-refractivity contribution in [1.82, 2.24) is 15.0 Å². The molecular formula is C10H14N4S. The first-order valence-corrected chi connectivity index (χ1v) is 5.97. The van der Waals surface area contributed by atoms with Crippen LogP contribution in [0.5, 0.6) is 0 Å². The summed E-state index contributed by atoms with van der Waals surface area (Å²) >= 11 is 1.57. The first-order chi connectivity index (χ1) is 7.26. The van der Waals surface area contributed by atoms with E-state index in [1.807, 2.05) is 12.4 Å². The lowest BCUT2D eigenvalue weighted by molar-refractivity contribution is 0.841. The molecule has 2 aromatic rings. The molecule has 0 radical (unpaired) electrons. The molecule has 0 saturated heterocycles. The normalized spacial score (nSPS) is 10.9. The van der Waals surface area contributed by atoms with Crippen LogP contribution in [-0.4, -0.2) is 28.0 Å². The van der Waals surface area contributed by atoms with Gasteiger partial charge in [0.15, 0.2) is 5.82 Å². The fourth-order valence-corrected chi connectivity index (χ4v) is 2.29. The number of rotatable bonds is 3. The number of nitrogens with zero attached hydrogens (tertiary/aromatic N) is 4. The van der Waals surface area contributed by atoms with Gasteiger partial charge in [0.2, 0.25) is 0 Å². The smallest absolute Gasteiger partial charge is 0.159 e. The first-order valence-electron chi connectivity index (χ1n) is 5.09. The van der Waals surface area contributed by atoms with Crippen molar-refractivity contribution in [1.29, 1.82) is 0 Å². The molecule has 0 aromatic carbocycles. The topological polar surface area (TPSA) is 41.9 Å². The molecule has 0 bridgehead atoms. The maximum Gasteiger partial charge on any atom is 0.159 e. The molecule has 0 N–H and O–H groups in total. The Labute approximate surface area is 93.0 Å². The van der Waals surface area contributed by atoms with Crippen molar-refractivity contribution < 1.29 is 0 Å². The molecule has 0 fully saturated rings. The molecule has 0 aliphatic carbocycles. The van der Waals surface area contributed by atoms with Crippen LogP contribution in [0, 0.1) is 6.92 Å². The Morgan fingerprint density at radius 1 is 1.27 bits per heavy atom. The van der Waals surface area contributed by atoms with E-state index in [1.54, 1.807) is 11.3 Å². The monoisotopic (exact) mass is 222 g/mol. The molecule has 5 heteroatoms. The standard InChI is InChI=1S/C10H14N4S/c1-4-14(5-2)9-8-10(15-6-11-8)13-7(3)12-9/h6H,4-5H2,1-3H3. The summed E-state index contributed by atoms with van der Waals surface area (Å²) in [5.41, 5.74) is 2.75. The molecule has 2 aromatic heterocycles. The lowest BCUT2D eigenvalue weighted by Crippen LogP contribution is -2.23. The van der Waals surface area contributed by atoms with Gasteiger partial charge in [0.25, 0.3) is 0 Å². The molecule has 0 saturated carbocycles. The van der Waals surface area contributed by atoms with Crippen molar-refractivity contribution in [3.8, 4) is 0 Å². The van der Waals surface area contributed by atoms with E-state index in [1.165, 1.54) is 0 Å². The van der Waals surface area contributed by atoms with Crippen LogP contribution in [0.25, 0.3) is 10.3 Å². The van der Waals surface area contributed by atoms with Crippen LogP contribution in [0.3, 0.4) is 0 Å². The zero-order valence-corrected chi connectivity index (χ0v) is 10.0. The summed E-state index contributed by atoms with van der Waals surface area (Å²) in [4.78, 5) is 16.3. The molecular weight excluding hydrogens is 208 g/mol. The van der Waals surface area contributed by atoms with E-state index >= 15 is 0 Å². The Hall–Kier alpha value is -1.23. The van der Waals surface area contributed by atoms with Crippen molar-refractivity contribution in [2.45, 2.75) is 20.8 Å². The summed E-state index contributed by atoms with van der Waals surface area (Å²) in [6.07, 6.45) is 0. The average Bonchev–Trinajstić information content (AvgIpc) is 2.67. The zero-order chi connectivity index (χ0) is 10.8. The highest BCUT2D eigenvalue weighted by molar-refractivity contribution is 7.16. The maximum atomic E-state index is 4.47. The van der Waals surface area contributed by atoms with Gasteiger partial charge in [-0.3, -0.25) is 0 Å². The molecule has 0 amide bonds. The second-order valence-electron chi connectivity index (χ2n) is 3.27. The molecule has 0 unspecified atom stereocenters. The van der Waals surface area contributed by atoms with Gasteiger partial charge in [-0.15, -0.1) is 11.3 Å². The van der Waals surface area contributed by atoms with E-state index in [9.17, 15) is 0 Å². The third-order valence-corrected chi connectivity index (χ3v) is 3.07. The fourth-order valence-electron chi connectivity index (χ4n) is 1.59. The Bertz CT molecular complexity index is 461. The highest BCUT2D eigenvalue weighted by Crippen LogP contribution is 2.24. The van der Waals surface area contributed by atoms with Gasteiger partial charge in [0.1, 0.15) is 16.2 Å². The van der Waals surface area contributed by atoms with Gasteiger partial charge in [-0.25, -0.2) is 15.0 Å². The van der Waals surface area contributed by atoms with E-state index in [0.717, 1.165) is 35.1 Å². The van der Waals surface area contributed by atoms with Crippen LogP contribution in [0.15, 0.2) is 5.51 Å². The molecule has 0 aliphatic rings. The zero-order valence-electron chi connectivity index (χ0n) is 9.19. The third-order valence-electron chi connectivity index (χ3n) is 2.35. The predicted molar refractivity (Wildman–Crippen MR) is 63.5 cm³/mol. The number of hydrogen-bond donors (Lipinski definition) is 0. The number of anilines is 1. The van der Waals surface area contributed by atoms with Crippen LogP contribution in [-0.2, 0) is 0 Å². The van der Waals surface area contributed by atoms with Crippen LogP contribution in [0.1, 0.15) is 19.7 Å². The highest BCUT2D eigenvalue weighted by Gasteiger charge is 2.12. The van der Waals surface area contributed by atoms with E-state index in [0.29, 0.717) is 0 Å². The molecule has 4 nitrogen and oxygen atoms in total. The summed E-state index contributed by atoms with van der Waals surface area (Å²) in [7, 11) is 0. The van der Waals surface area contributed by atoms with Crippen LogP contribution in [0.4, 0.5) is 5.82 Å². The molecule has 2 heterocycles. The average molecular weight is 222 g/mol. The predicted octanol–water partition coefficient (Wildman–Crippen LogP) is 2.24. The molecule has 80 valence electrons. The minimum atomic E-state index is 0.814. The lowest BCUT2D eigenvalue weighted by atomic mass is 10.4. The SMILES string of the molecule is CCN(CC)c1nc(C)nc2scnc12. The van der Waals surface area contributed by atoms with Crippen molar-refractivity contribution in [3.63, 3.8) is 0 Å². The van der Waals surface area contributed by atoms with E-state index < -0.39 is 0 Å². The van der Waals surface area contributed by atoms with Gasteiger partial charge < -0.3 is 4.90 Å². The van der Waals surface area contributed by atoms with Crippen molar-refractivity contribution in [2.24, 2.45) is 0 Å². The molecule has 15 heavy (non-hydrogen) atoms. The quantitative estimate of drug-likeness (QED) is 0.798. The van der Waals surface area contributed by atoms with E-state index in [4.69, 9.17) is 0 Å². The first kappa shape index (κ1) is 10.3. The van der Waals surface area contributed by atoms with Gasteiger partial charge in [0, 0.05) is 13.1 Å². The van der Waals surface area contributed by atoms with Crippen LogP contribution >= 0.6 is 11.3 Å². The summed E-state index contributed by atoms with van der Waals surface area (Å²) in [6.45, 7) is 8.06. The van der Waals surface area contributed by atoms with Gasteiger partial charge >= 0.3 is 0 Å². The Kier molecular flexibility index (Phi) is 2.81. The second kappa shape index (κ2) is 4.10. The van der Waals surface area contributed by atoms with Crippen LogP contribution in [0.2, 0.25) is 0 Å². The number of fused-ring (bicyclic) bond motifs is 1. The van der Waals surface area contributed by atoms with E-state index in [2.05, 4.69) is 33.7 Å². The fraction of sp³-hybridized carbons (Fsp3) is 0.500. The molecule has 0 atom stereocenters. The molecule has 0 spiro atoms. The van der Waals surface area contributed by atoms with Crippen molar-refractivity contribution in [2.75, 3.05) is 18.0 Å². The highest BCUT2D eigenvalue weighted by atomic mass is 32.1. The minimum absolute atomic E-state index is 0.814. The Morgan fingerprint density at radius 2 is 2.00 bits per heavy atom. The summed E-state index contributed by atoms with van der Waals surface area (Å²) in [5.74, 6) is 1.78. The molecule has 0 aliphatic heterocycles. The number of aromatic nitrogens is 3. The second-order valence-corrected chi connectivity index (χ2v) is 4.11. The summed E-state index contributed by atoms with van der Waals surface area (Å²) in [5, 5.41) is 0. The van der Waals surface area contributed by atoms with Gasteiger partial charge in [-0.2, -0.15) is 0 Å². The minimum Gasteiger partial charge on any atom is -0.355 e. The third kappa shape index (κ3) is 1.79. The van der Waals surface area contributed by atoms with Gasteiger partial charge in [0.05, 0.1) is 5.51 Å². The van der Waals surface area contributed by atoms with E-state index in [-0.39, 0.29) is 0 Å². The Morgan fingerprint density at radius 3 is 2.67 bits per heavy atom. The number of hydrogen-bond acceptors (Lipinski definition) is 5. The number of aryl methyl sites for hydroxylation is 1. The largest absolute Gasteiger partial charge is 0.355 e.